The molecule has 0 radical (unpaired) electrons. The fraction of sp³-hybridized carbons (Fsp3) is 0.611. The third-order valence-electron chi connectivity index (χ3n) is 5.00. The smallest absolute Gasteiger partial charge is 0.281 e. The summed E-state index contributed by atoms with van der Waals surface area (Å²) in [5.41, 5.74) is 3.53. The Bertz CT molecular complexity index is 723. The van der Waals surface area contributed by atoms with Crippen LogP contribution >= 0.6 is 0 Å². The molecule has 1 atom stereocenters. The lowest BCUT2D eigenvalue weighted by atomic mass is 9.96. The van der Waals surface area contributed by atoms with E-state index in [1.165, 1.54) is 33.8 Å². The standard InChI is InChI=1S/C18H29N3O3S/c1-13-6-7-17(12-14(13)2)15(3)19-18(22)16-8-10-21(11-9-16)25(23,24)20(4)5/h6-7,12,15-16H,8-11H2,1-5H3,(H,19,22)/t15-/m0/s1. The van der Waals surface area contributed by atoms with E-state index in [1.807, 2.05) is 13.0 Å². The van der Waals surface area contributed by atoms with E-state index >= 15 is 0 Å². The van der Waals surface area contributed by atoms with Crippen LogP contribution in [-0.4, -0.2) is 50.1 Å². The summed E-state index contributed by atoms with van der Waals surface area (Å²) in [6.45, 7) is 6.88. The number of hydrogen-bond acceptors (Lipinski definition) is 3. The van der Waals surface area contributed by atoms with Crippen LogP contribution in [0.1, 0.15) is 42.5 Å². The van der Waals surface area contributed by atoms with Crippen molar-refractivity contribution in [2.75, 3.05) is 27.2 Å². The van der Waals surface area contributed by atoms with E-state index in [0.717, 1.165) is 5.56 Å². The Morgan fingerprint density at radius 3 is 2.32 bits per heavy atom. The van der Waals surface area contributed by atoms with E-state index in [0.29, 0.717) is 25.9 Å². The minimum atomic E-state index is -3.39. The zero-order chi connectivity index (χ0) is 18.8. The average molecular weight is 368 g/mol. The molecule has 0 aromatic heterocycles. The largest absolute Gasteiger partial charge is 0.349 e. The first kappa shape index (κ1) is 19.9. The molecule has 1 fully saturated rings. The quantitative estimate of drug-likeness (QED) is 0.865. The first-order chi connectivity index (χ1) is 11.6. The topological polar surface area (TPSA) is 69.7 Å². The van der Waals surface area contributed by atoms with E-state index in [4.69, 9.17) is 0 Å². The van der Waals surface area contributed by atoms with Gasteiger partial charge in [-0.15, -0.1) is 0 Å². The lowest BCUT2D eigenvalue weighted by Gasteiger charge is -2.32. The molecule has 1 aliphatic heterocycles. The Kier molecular flexibility index (Phi) is 6.24. The van der Waals surface area contributed by atoms with Gasteiger partial charge in [-0.05, 0) is 50.3 Å². The highest BCUT2D eigenvalue weighted by atomic mass is 32.2. The molecule has 1 heterocycles. The van der Waals surface area contributed by atoms with Crippen molar-refractivity contribution < 1.29 is 13.2 Å². The minimum absolute atomic E-state index is 0.00706. The average Bonchev–Trinajstić information content (AvgIpc) is 2.57. The number of carbonyl (C=O) groups is 1. The fourth-order valence-corrected chi connectivity index (χ4v) is 4.16. The van der Waals surface area contributed by atoms with Gasteiger partial charge in [0, 0.05) is 33.1 Å². The molecule has 0 saturated carbocycles. The Hall–Kier alpha value is -1.44. The van der Waals surface area contributed by atoms with E-state index in [-0.39, 0.29) is 17.9 Å². The number of amides is 1. The second kappa shape index (κ2) is 7.85. The highest BCUT2D eigenvalue weighted by Gasteiger charge is 2.32. The minimum Gasteiger partial charge on any atom is -0.349 e. The maximum atomic E-state index is 12.5. The molecular formula is C18H29N3O3S. The molecule has 0 unspecified atom stereocenters. The number of aryl methyl sites for hydroxylation is 2. The summed E-state index contributed by atoms with van der Waals surface area (Å²) in [6, 6.07) is 6.15. The fourth-order valence-electron chi connectivity index (χ4n) is 3.03. The number of hydrogen-bond donors (Lipinski definition) is 1. The summed E-state index contributed by atoms with van der Waals surface area (Å²) in [5.74, 6) is -0.129. The van der Waals surface area contributed by atoms with Gasteiger partial charge in [-0.2, -0.15) is 17.0 Å². The van der Waals surface area contributed by atoms with Crippen molar-refractivity contribution >= 4 is 16.1 Å². The molecule has 0 bridgehead atoms. The van der Waals surface area contributed by atoms with Crippen LogP contribution in [0.4, 0.5) is 0 Å². The van der Waals surface area contributed by atoms with E-state index in [2.05, 4.69) is 31.3 Å². The van der Waals surface area contributed by atoms with Crippen LogP contribution in [0.5, 0.6) is 0 Å². The second-order valence-corrected chi connectivity index (χ2v) is 9.18. The second-order valence-electron chi connectivity index (χ2n) is 7.04. The van der Waals surface area contributed by atoms with E-state index in [1.54, 1.807) is 0 Å². The van der Waals surface area contributed by atoms with Crippen LogP contribution in [0.25, 0.3) is 0 Å². The van der Waals surface area contributed by atoms with Gasteiger partial charge in [-0.1, -0.05) is 18.2 Å². The van der Waals surface area contributed by atoms with Gasteiger partial charge >= 0.3 is 0 Å². The number of carbonyl (C=O) groups excluding carboxylic acids is 1. The normalized spacial score (nSPS) is 18.3. The van der Waals surface area contributed by atoms with Gasteiger partial charge in [-0.25, -0.2) is 0 Å². The molecule has 1 N–H and O–H groups in total. The van der Waals surface area contributed by atoms with Crippen LogP contribution < -0.4 is 5.32 Å². The lowest BCUT2D eigenvalue weighted by molar-refractivity contribution is -0.126. The SMILES string of the molecule is Cc1ccc([C@H](C)NC(=O)C2CCN(S(=O)(=O)N(C)C)CC2)cc1C. The first-order valence-electron chi connectivity index (χ1n) is 8.68. The zero-order valence-electron chi connectivity index (χ0n) is 15.7. The van der Waals surface area contributed by atoms with Gasteiger partial charge in [0.15, 0.2) is 0 Å². The molecule has 1 aromatic rings. The molecule has 0 spiro atoms. The van der Waals surface area contributed by atoms with Crippen molar-refractivity contribution in [2.45, 2.75) is 39.7 Å². The van der Waals surface area contributed by atoms with Crippen molar-refractivity contribution in [3.8, 4) is 0 Å². The molecule has 140 valence electrons. The Labute approximate surface area is 151 Å². The maximum Gasteiger partial charge on any atom is 0.281 e. The van der Waals surface area contributed by atoms with Gasteiger partial charge in [-0.3, -0.25) is 4.79 Å². The number of nitrogens with one attached hydrogen (secondary N) is 1. The van der Waals surface area contributed by atoms with Crippen LogP contribution in [0.3, 0.4) is 0 Å². The molecule has 6 nitrogen and oxygen atoms in total. The number of rotatable bonds is 5. The summed E-state index contributed by atoms with van der Waals surface area (Å²) in [5, 5.41) is 3.07. The highest BCUT2D eigenvalue weighted by molar-refractivity contribution is 7.86. The number of piperidine rings is 1. The molecule has 7 heteroatoms. The molecule has 2 rings (SSSR count). The van der Waals surface area contributed by atoms with Gasteiger partial charge in [0.1, 0.15) is 0 Å². The molecule has 1 aliphatic rings. The molecule has 0 aliphatic carbocycles. The predicted molar refractivity (Wildman–Crippen MR) is 99.4 cm³/mol. The van der Waals surface area contributed by atoms with Crippen molar-refractivity contribution in [3.05, 3.63) is 34.9 Å². The zero-order valence-corrected chi connectivity index (χ0v) is 16.6. The molecule has 1 aromatic carbocycles. The molecular weight excluding hydrogens is 338 g/mol. The van der Waals surface area contributed by atoms with Gasteiger partial charge in [0.25, 0.3) is 10.2 Å². The summed E-state index contributed by atoms with van der Waals surface area (Å²) in [6.07, 6.45) is 1.11. The molecule has 25 heavy (non-hydrogen) atoms. The summed E-state index contributed by atoms with van der Waals surface area (Å²) in [4.78, 5) is 12.5. The van der Waals surface area contributed by atoms with Gasteiger partial charge in [0.2, 0.25) is 5.91 Å². The molecule has 1 saturated heterocycles. The van der Waals surface area contributed by atoms with Crippen LogP contribution in [0.2, 0.25) is 0 Å². The van der Waals surface area contributed by atoms with Crippen molar-refractivity contribution in [2.24, 2.45) is 5.92 Å². The Morgan fingerprint density at radius 1 is 1.20 bits per heavy atom. The number of benzene rings is 1. The summed E-state index contributed by atoms with van der Waals surface area (Å²) in [7, 11) is -0.335. The third-order valence-corrected chi connectivity index (χ3v) is 6.94. The third kappa shape index (κ3) is 4.59. The van der Waals surface area contributed by atoms with E-state index in [9.17, 15) is 13.2 Å². The predicted octanol–water partition coefficient (Wildman–Crippen LogP) is 2.00. The van der Waals surface area contributed by atoms with Crippen LogP contribution in [0.15, 0.2) is 18.2 Å². The lowest BCUT2D eigenvalue weighted by Crippen LogP contribution is -2.47. The maximum absolute atomic E-state index is 12.5. The Balaban J connectivity index is 1.93. The number of nitrogens with zero attached hydrogens (tertiary/aromatic N) is 2. The van der Waals surface area contributed by atoms with Crippen molar-refractivity contribution in [3.63, 3.8) is 0 Å². The van der Waals surface area contributed by atoms with Gasteiger partial charge < -0.3 is 5.32 Å². The van der Waals surface area contributed by atoms with Crippen molar-refractivity contribution in [1.29, 1.82) is 0 Å². The monoisotopic (exact) mass is 367 g/mol. The van der Waals surface area contributed by atoms with Crippen LogP contribution in [0, 0.1) is 19.8 Å². The van der Waals surface area contributed by atoms with Crippen LogP contribution in [-0.2, 0) is 15.0 Å². The first-order valence-corrected chi connectivity index (χ1v) is 10.1. The van der Waals surface area contributed by atoms with E-state index < -0.39 is 10.2 Å². The van der Waals surface area contributed by atoms with Gasteiger partial charge in [0.05, 0.1) is 6.04 Å². The Morgan fingerprint density at radius 2 is 1.80 bits per heavy atom. The molecule has 1 amide bonds. The summed E-state index contributed by atoms with van der Waals surface area (Å²) >= 11 is 0. The summed E-state index contributed by atoms with van der Waals surface area (Å²) < 4.78 is 26.9. The van der Waals surface area contributed by atoms with Crippen molar-refractivity contribution in [1.82, 2.24) is 13.9 Å². The highest BCUT2D eigenvalue weighted by Crippen LogP contribution is 2.23.